The van der Waals surface area contributed by atoms with Crippen LogP contribution in [0.25, 0.3) is 10.1 Å². The second kappa shape index (κ2) is 8.31. The third-order valence-electron chi connectivity index (χ3n) is 3.54. The van der Waals surface area contributed by atoms with Crippen LogP contribution in [-0.2, 0) is 9.47 Å². The summed E-state index contributed by atoms with van der Waals surface area (Å²) in [6, 6.07) is 13.6. The fraction of sp³-hybridized carbons (Fsp3) is 0.158. The Labute approximate surface area is 159 Å². The van der Waals surface area contributed by atoms with Gasteiger partial charge in [-0.1, -0.05) is 29.8 Å². The predicted octanol–water partition coefficient (Wildman–Crippen LogP) is 4.58. The summed E-state index contributed by atoms with van der Waals surface area (Å²) in [5, 5.41) is 1.20. The van der Waals surface area contributed by atoms with Gasteiger partial charge in [0.05, 0.1) is 17.2 Å². The number of ether oxygens (including phenoxy) is 3. The van der Waals surface area contributed by atoms with Crippen LogP contribution in [0.2, 0.25) is 5.02 Å². The first-order valence-corrected chi connectivity index (χ1v) is 8.95. The zero-order valence-electron chi connectivity index (χ0n) is 13.9. The number of rotatable bonds is 6. The van der Waals surface area contributed by atoms with Crippen LogP contribution in [-0.4, -0.2) is 32.3 Å². The second-order valence-electron chi connectivity index (χ2n) is 5.28. The van der Waals surface area contributed by atoms with Crippen LogP contribution >= 0.6 is 22.9 Å². The molecule has 0 amide bonds. The Morgan fingerprint density at radius 2 is 1.73 bits per heavy atom. The Morgan fingerprint density at radius 1 is 1.00 bits per heavy atom. The smallest absolute Gasteiger partial charge is 0.355 e. The first-order chi connectivity index (χ1) is 12.6. The maximum atomic E-state index is 12.4. The van der Waals surface area contributed by atoms with E-state index in [1.807, 2.05) is 24.3 Å². The molecular formula is C19H15ClO5S. The molecule has 3 aromatic rings. The number of fused-ring (bicyclic) bond motifs is 1. The lowest BCUT2D eigenvalue weighted by Crippen LogP contribution is -2.10. The van der Waals surface area contributed by atoms with Gasteiger partial charge in [-0.3, -0.25) is 0 Å². The Kier molecular flexibility index (Phi) is 5.88. The van der Waals surface area contributed by atoms with E-state index in [1.54, 1.807) is 0 Å². The van der Waals surface area contributed by atoms with Crippen LogP contribution in [0.4, 0.5) is 0 Å². The molecule has 134 valence electrons. The highest BCUT2D eigenvalue weighted by atomic mass is 35.5. The van der Waals surface area contributed by atoms with Gasteiger partial charge in [0.15, 0.2) is 0 Å². The Hall–Kier alpha value is -2.41. The molecule has 0 aliphatic carbocycles. The lowest BCUT2D eigenvalue weighted by molar-refractivity contribution is 0.0388. The minimum atomic E-state index is -0.536. The Bertz CT molecular complexity index is 933. The molecule has 0 saturated carbocycles. The fourth-order valence-corrected chi connectivity index (χ4v) is 3.64. The second-order valence-corrected chi connectivity index (χ2v) is 6.71. The minimum absolute atomic E-state index is 0.177. The maximum absolute atomic E-state index is 12.4. The summed E-state index contributed by atoms with van der Waals surface area (Å²) in [5.41, 5.74) is 0.362. The highest BCUT2D eigenvalue weighted by molar-refractivity contribution is 7.21. The number of hydrogen-bond acceptors (Lipinski definition) is 6. The van der Waals surface area contributed by atoms with Crippen molar-refractivity contribution in [2.45, 2.75) is 0 Å². The van der Waals surface area contributed by atoms with E-state index in [0.29, 0.717) is 27.8 Å². The third kappa shape index (κ3) is 4.04. The van der Waals surface area contributed by atoms with Gasteiger partial charge in [0, 0.05) is 17.2 Å². The van der Waals surface area contributed by atoms with Gasteiger partial charge in [0.25, 0.3) is 0 Å². The highest BCUT2D eigenvalue weighted by Crippen LogP contribution is 2.35. The van der Waals surface area contributed by atoms with Crippen LogP contribution in [0.1, 0.15) is 20.0 Å². The zero-order valence-corrected chi connectivity index (χ0v) is 15.4. The lowest BCUT2D eigenvalue weighted by atomic mass is 10.2. The number of benzene rings is 2. The van der Waals surface area contributed by atoms with E-state index in [2.05, 4.69) is 0 Å². The van der Waals surface area contributed by atoms with Gasteiger partial charge < -0.3 is 14.2 Å². The van der Waals surface area contributed by atoms with Crippen molar-refractivity contribution in [3.05, 3.63) is 64.0 Å². The standard InChI is InChI=1S/C19H15ClO5S/c1-23-10-11-24-18(21)12-6-8-13(9-7-12)25-19(22)17-16(20)14-4-2-3-5-15(14)26-17/h2-9H,10-11H2,1H3. The van der Waals surface area contributed by atoms with Crippen LogP contribution in [0.5, 0.6) is 5.75 Å². The molecular weight excluding hydrogens is 376 g/mol. The van der Waals surface area contributed by atoms with Gasteiger partial charge in [-0.25, -0.2) is 9.59 Å². The summed E-state index contributed by atoms with van der Waals surface area (Å²) < 4.78 is 16.1. The third-order valence-corrected chi connectivity index (χ3v) is 5.20. The predicted molar refractivity (Wildman–Crippen MR) is 100 cm³/mol. The number of carbonyl (C=O) groups excluding carboxylic acids is 2. The molecule has 0 spiro atoms. The molecule has 7 heteroatoms. The summed E-state index contributed by atoms with van der Waals surface area (Å²) in [4.78, 5) is 24.6. The molecule has 26 heavy (non-hydrogen) atoms. The van der Waals surface area contributed by atoms with Crippen LogP contribution < -0.4 is 4.74 Å². The van der Waals surface area contributed by atoms with Crippen molar-refractivity contribution in [2.24, 2.45) is 0 Å². The largest absolute Gasteiger partial charge is 0.460 e. The molecule has 0 unspecified atom stereocenters. The summed E-state index contributed by atoms with van der Waals surface area (Å²) in [7, 11) is 1.53. The summed E-state index contributed by atoms with van der Waals surface area (Å²) in [6.07, 6.45) is 0. The number of methoxy groups -OCH3 is 1. The van der Waals surface area contributed by atoms with E-state index in [4.69, 9.17) is 25.8 Å². The molecule has 0 bridgehead atoms. The van der Waals surface area contributed by atoms with E-state index in [9.17, 15) is 9.59 Å². The van der Waals surface area contributed by atoms with Gasteiger partial charge >= 0.3 is 11.9 Å². The van der Waals surface area contributed by atoms with Crippen molar-refractivity contribution in [3.63, 3.8) is 0 Å². The molecule has 5 nitrogen and oxygen atoms in total. The van der Waals surface area contributed by atoms with Crippen molar-refractivity contribution >= 4 is 45.0 Å². The van der Waals surface area contributed by atoms with Crippen LogP contribution in [0.15, 0.2) is 48.5 Å². The molecule has 2 aromatic carbocycles. The molecule has 0 N–H and O–H groups in total. The lowest BCUT2D eigenvalue weighted by Gasteiger charge is -2.06. The van der Waals surface area contributed by atoms with Crippen LogP contribution in [0.3, 0.4) is 0 Å². The summed E-state index contributed by atoms with van der Waals surface area (Å²) >= 11 is 7.56. The molecule has 1 aromatic heterocycles. The van der Waals surface area contributed by atoms with E-state index in [1.165, 1.54) is 42.7 Å². The molecule has 0 radical (unpaired) electrons. The first kappa shape index (κ1) is 18.4. The maximum Gasteiger partial charge on any atom is 0.355 e. The number of esters is 2. The molecule has 0 aliphatic rings. The van der Waals surface area contributed by atoms with Crippen molar-refractivity contribution < 1.29 is 23.8 Å². The van der Waals surface area contributed by atoms with Gasteiger partial charge in [-0.05, 0) is 30.3 Å². The molecule has 3 rings (SSSR count). The van der Waals surface area contributed by atoms with Crippen molar-refractivity contribution in [1.29, 1.82) is 0 Å². The van der Waals surface area contributed by atoms with Gasteiger partial charge in [-0.2, -0.15) is 0 Å². The van der Waals surface area contributed by atoms with E-state index in [-0.39, 0.29) is 6.61 Å². The monoisotopic (exact) mass is 390 g/mol. The normalized spacial score (nSPS) is 10.7. The molecule has 0 fully saturated rings. The number of halogens is 1. The average Bonchev–Trinajstić information content (AvgIpc) is 3.00. The fourth-order valence-electron chi connectivity index (χ4n) is 2.26. The Balaban J connectivity index is 1.69. The molecule has 0 atom stereocenters. The molecule has 0 saturated heterocycles. The van der Waals surface area contributed by atoms with E-state index >= 15 is 0 Å². The topological polar surface area (TPSA) is 61.8 Å². The molecule has 0 aliphatic heterocycles. The zero-order chi connectivity index (χ0) is 18.5. The molecule has 1 heterocycles. The Morgan fingerprint density at radius 3 is 2.42 bits per heavy atom. The average molecular weight is 391 g/mol. The van der Waals surface area contributed by atoms with Gasteiger partial charge in [0.2, 0.25) is 0 Å². The van der Waals surface area contributed by atoms with Gasteiger partial charge in [-0.15, -0.1) is 11.3 Å². The number of thiophene rings is 1. The van der Waals surface area contributed by atoms with Crippen molar-refractivity contribution in [3.8, 4) is 5.75 Å². The number of hydrogen-bond donors (Lipinski definition) is 0. The van der Waals surface area contributed by atoms with Gasteiger partial charge in [0.1, 0.15) is 17.2 Å². The van der Waals surface area contributed by atoms with E-state index in [0.717, 1.165) is 10.1 Å². The van der Waals surface area contributed by atoms with Crippen LogP contribution in [0, 0.1) is 0 Å². The SMILES string of the molecule is COCCOC(=O)c1ccc(OC(=O)c2sc3ccccc3c2Cl)cc1. The first-order valence-electron chi connectivity index (χ1n) is 7.75. The van der Waals surface area contributed by atoms with Crippen molar-refractivity contribution in [1.82, 2.24) is 0 Å². The quantitative estimate of drug-likeness (QED) is 0.350. The summed E-state index contributed by atoms with van der Waals surface area (Å²) in [6.45, 7) is 0.508. The highest BCUT2D eigenvalue weighted by Gasteiger charge is 2.19. The van der Waals surface area contributed by atoms with E-state index < -0.39 is 11.9 Å². The van der Waals surface area contributed by atoms with Crippen molar-refractivity contribution in [2.75, 3.05) is 20.3 Å². The minimum Gasteiger partial charge on any atom is -0.460 e. The summed E-state index contributed by atoms with van der Waals surface area (Å²) in [5.74, 6) is -0.684. The number of carbonyl (C=O) groups is 2.